The number of anilines is 1. The van der Waals surface area contributed by atoms with Crippen LogP contribution >= 0.6 is 0 Å². The molecule has 0 saturated heterocycles. The van der Waals surface area contributed by atoms with E-state index in [1.807, 2.05) is 25.1 Å². The van der Waals surface area contributed by atoms with Crippen molar-refractivity contribution in [2.24, 2.45) is 0 Å². The zero-order valence-electron chi connectivity index (χ0n) is 10.1. The molecule has 0 heterocycles. The first kappa shape index (κ1) is 13.5. The fourth-order valence-corrected chi connectivity index (χ4v) is 1.30. The summed E-state index contributed by atoms with van der Waals surface area (Å²) in [5.74, 6) is -0.263. The summed E-state index contributed by atoms with van der Waals surface area (Å²) in [5, 5.41) is 20.3. The lowest BCUT2D eigenvalue weighted by molar-refractivity contribution is 0.0802. The summed E-state index contributed by atoms with van der Waals surface area (Å²) in [6.45, 7) is -0.320. The van der Waals surface area contributed by atoms with Gasteiger partial charge in [-0.3, -0.25) is 4.79 Å². The van der Waals surface area contributed by atoms with Crippen molar-refractivity contribution in [1.29, 1.82) is 0 Å². The van der Waals surface area contributed by atoms with Crippen LogP contribution in [-0.2, 0) is 0 Å². The minimum Gasteiger partial charge on any atom is -0.394 e. The highest BCUT2D eigenvalue weighted by molar-refractivity contribution is 5.95. The third-order valence-electron chi connectivity index (χ3n) is 2.33. The maximum atomic E-state index is 11.7. The summed E-state index contributed by atoms with van der Waals surface area (Å²) in [5.41, 5.74) is 1.46. The molecule has 0 fully saturated rings. The average molecular weight is 238 g/mol. The predicted octanol–water partition coefficient (Wildman–Crippen LogP) is -0.164. The first-order valence-electron chi connectivity index (χ1n) is 5.39. The maximum Gasteiger partial charge on any atom is 0.251 e. The number of aliphatic hydroxyl groups excluding tert-OH is 2. The van der Waals surface area contributed by atoms with Crippen LogP contribution in [0.4, 0.5) is 5.69 Å². The van der Waals surface area contributed by atoms with Gasteiger partial charge in [0.1, 0.15) is 0 Å². The lowest BCUT2D eigenvalue weighted by atomic mass is 10.2. The molecule has 1 amide bonds. The molecule has 5 heteroatoms. The van der Waals surface area contributed by atoms with Crippen LogP contribution in [0.5, 0.6) is 0 Å². The number of aliphatic hydroxyl groups is 2. The number of hydrogen-bond donors (Lipinski definition) is 3. The largest absolute Gasteiger partial charge is 0.394 e. The number of hydrogen-bond acceptors (Lipinski definition) is 4. The van der Waals surface area contributed by atoms with Crippen molar-refractivity contribution in [3.63, 3.8) is 0 Å². The van der Waals surface area contributed by atoms with E-state index in [9.17, 15) is 4.79 Å². The maximum absolute atomic E-state index is 11.7. The molecule has 3 N–H and O–H groups in total. The van der Waals surface area contributed by atoms with Gasteiger partial charge in [0.05, 0.1) is 12.7 Å². The standard InChI is InChI=1S/C12H18N2O3/c1-14(2)10-5-3-4-9(6-10)12(17)13-7-11(16)8-15/h3-6,11,15-16H,7-8H2,1-2H3,(H,13,17). The van der Waals surface area contributed by atoms with Gasteiger partial charge in [0.25, 0.3) is 5.91 Å². The second kappa shape index (κ2) is 6.22. The molecule has 1 aromatic rings. The van der Waals surface area contributed by atoms with E-state index in [2.05, 4.69) is 5.32 Å². The van der Waals surface area contributed by atoms with Gasteiger partial charge in [0.2, 0.25) is 0 Å². The molecular weight excluding hydrogens is 220 g/mol. The van der Waals surface area contributed by atoms with E-state index in [1.165, 1.54) is 0 Å². The molecular formula is C12H18N2O3. The molecule has 17 heavy (non-hydrogen) atoms. The molecule has 0 radical (unpaired) electrons. The summed E-state index contributed by atoms with van der Waals surface area (Å²) >= 11 is 0. The zero-order valence-corrected chi connectivity index (χ0v) is 10.1. The van der Waals surface area contributed by atoms with Gasteiger partial charge in [-0.2, -0.15) is 0 Å². The number of benzene rings is 1. The Morgan fingerprint density at radius 2 is 2.18 bits per heavy atom. The monoisotopic (exact) mass is 238 g/mol. The number of amides is 1. The van der Waals surface area contributed by atoms with Gasteiger partial charge in [-0.1, -0.05) is 6.07 Å². The Morgan fingerprint density at radius 3 is 2.76 bits per heavy atom. The van der Waals surface area contributed by atoms with Crippen LogP contribution < -0.4 is 10.2 Å². The van der Waals surface area contributed by atoms with E-state index in [4.69, 9.17) is 10.2 Å². The second-order valence-corrected chi connectivity index (χ2v) is 3.99. The third-order valence-corrected chi connectivity index (χ3v) is 2.33. The van der Waals surface area contributed by atoms with Gasteiger partial charge < -0.3 is 20.4 Å². The molecule has 1 rings (SSSR count). The van der Waals surface area contributed by atoms with Crippen molar-refractivity contribution in [1.82, 2.24) is 5.32 Å². The molecule has 0 aliphatic heterocycles. The van der Waals surface area contributed by atoms with Crippen LogP contribution in [-0.4, -0.2) is 49.5 Å². The van der Waals surface area contributed by atoms with E-state index in [0.717, 1.165) is 5.69 Å². The highest BCUT2D eigenvalue weighted by Gasteiger charge is 2.09. The fourth-order valence-electron chi connectivity index (χ4n) is 1.30. The number of nitrogens with one attached hydrogen (secondary N) is 1. The number of nitrogens with zero attached hydrogens (tertiary/aromatic N) is 1. The van der Waals surface area contributed by atoms with E-state index >= 15 is 0 Å². The third kappa shape index (κ3) is 4.05. The summed E-state index contributed by atoms with van der Waals surface area (Å²) in [6, 6.07) is 7.17. The predicted molar refractivity (Wildman–Crippen MR) is 66.2 cm³/mol. The molecule has 0 aliphatic carbocycles. The van der Waals surface area contributed by atoms with Gasteiger partial charge in [-0.15, -0.1) is 0 Å². The van der Waals surface area contributed by atoms with Crippen LogP contribution in [0.25, 0.3) is 0 Å². The smallest absolute Gasteiger partial charge is 0.251 e. The molecule has 0 spiro atoms. The molecule has 0 aromatic heterocycles. The Morgan fingerprint density at radius 1 is 1.47 bits per heavy atom. The second-order valence-electron chi connectivity index (χ2n) is 3.99. The van der Waals surface area contributed by atoms with Crippen LogP contribution in [0.3, 0.4) is 0 Å². The van der Waals surface area contributed by atoms with E-state index in [-0.39, 0.29) is 19.1 Å². The molecule has 1 unspecified atom stereocenters. The summed E-state index contributed by atoms with van der Waals surface area (Å²) in [7, 11) is 3.79. The molecule has 0 saturated carbocycles. The van der Waals surface area contributed by atoms with Crippen LogP contribution in [0.2, 0.25) is 0 Å². The van der Waals surface area contributed by atoms with Crippen LogP contribution in [0, 0.1) is 0 Å². The first-order chi connectivity index (χ1) is 8.04. The van der Waals surface area contributed by atoms with Gasteiger partial charge >= 0.3 is 0 Å². The minimum absolute atomic E-state index is 0.0432. The molecule has 94 valence electrons. The Balaban J connectivity index is 2.66. The Kier molecular flexibility index (Phi) is 4.93. The number of carbonyl (C=O) groups excluding carboxylic acids is 1. The Bertz CT molecular complexity index is 380. The first-order valence-corrected chi connectivity index (χ1v) is 5.39. The molecule has 5 nitrogen and oxygen atoms in total. The van der Waals surface area contributed by atoms with Crippen LogP contribution in [0.1, 0.15) is 10.4 Å². The fraction of sp³-hybridized carbons (Fsp3) is 0.417. The lowest BCUT2D eigenvalue weighted by Crippen LogP contribution is -2.33. The number of rotatable bonds is 5. The van der Waals surface area contributed by atoms with E-state index in [1.54, 1.807) is 18.2 Å². The van der Waals surface area contributed by atoms with Crippen molar-refractivity contribution in [3.05, 3.63) is 29.8 Å². The zero-order chi connectivity index (χ0) is 12.8. The Hall–Kier alpha value is -1.59. The van der Waals surface area contributed by atoms with Crippen LogP contribution in [0.15, 0.2) is 24.3 Å². The van der Waals surface area contributed by atoms with Gasteiger partial charge in [-0.05, 0) is 18.2 Å². The van der Waals surface area contributed by atoms with Gasteiger partial charge in [0.15, 0.2) is 0 Å². The highest BCUT2D eigenvalue weighted by Crippen LogP contribution is 2.13. The van der Waals surface area contributed by atoms with E-state index < -0.39 is 6.10 Å². The van der Waals surface area contributed by atoms with Crippen molar-refractivity contribution in [2.75, 3.05) is 32.1 Å². The van der Waals surface area contributed by atoms with Crippen molar-refractivity contribution >= 4 is 11.6 Å². The quantitative estimate of drug-likeness (QED) is 0.666. The SMILES string of the molecule is CN(C)c1cccc(C(=O)NCC(O)CO)c1. The molecule has 0 aliphatic rings. The molecule has 0 bridgehead atoms. The van der Waals surface area contributed by atoms with Crippen molar-refractivity contribution < 1.29 is 15.0 Å². The number of carbonyl (C=O) groups is 1. The highest BCUT2D eigenvalue weighted by atomic mass is 16.3. The van der Waals surface area contributed by atoms with E-state index in [0.29, 0.717) is 5.56 Å². The molecule has 1 aromatic carbocycles. The summed E-state index contributed by atoms with van der Waals surface area (Å²) in [6.07, 6.45) is -0.920. The molecule has 1 atom stereocenters. The normalized spacial score (nSPS) is 12.0. The topological polar surface area (TPSA) is 72.8 Å². The summed E-state index contributed by atoms with van der Waals surface area (Å²) in [4.78, 5) is 13.6. The van der Waals surface area contributed by atoms with Gasteiger partial charge in [0, 0.05) is 31.9 Å². The Labute approximate surface area is 101 Å². The van der Waals surface area contributed by atoms with Gasteiger partial charge in [-0.25, -0.2) is 0 Å². The minimum atomic E-state index is -0.920. The van der Waals surface area contributed by atoms with Crippen molar-refractivity contribution in [3.8, 4) is 0 Å². The van der Waals surface area contributed by atoms with Crippen molar-refractivity contribution in [2.45, 2.75) is 6.10 Å². The average Bonchev–Trinajstić information content (AvgIpc) is 2.35. The summed E-state index contributed by atoms with van der Waals surface area (Å²) < 4.78 is 0. The lowest BCUT2D eigenvalue weighted by Gasteiger charge is -2.14.